The minimum absolute atomic E-state index is 0. The van der Waals surface area contributed by atoms with Gasteiger partial charge in [0.15, 0.2) is 0 Å². The van der Waals surface area contributed by atoms with Gasteiger partial charge in [0.25, 0.3) is 0 Å². The van der Waals surface area contributed by atoms with Crippen molar-refractivity contribution in [2.75, 3.05) is 0 Å². The minimum atomic E-state index is -3.11. The molecule has 0 heterocycles. The first-order chi connectivity index (χ1) is 3.65. The van der Waals surface area contributed by atoms with E-state index in [0.717, 1.165) is 0 Å². The highest BCUT2D eigenvalue weighted by molar-refractivity contribution is 7.59. The standard InChI is InChI=1S/C4H10.FH.O3S/c1-3-4-2;;1-4(2)3/h3-4H2,1-2H3;1H;. The maximum Gasteiger partial charge on any atom is 0.425 e. The van der Waals surface area contributed by atoms with Crippen LogP contribution in [0.5, 0.6) is 0 Å². The SMILES string of the molecule is CCCC.F.O=S(=O)=O. The smallest absolute Gasteiger partial charge is 0.269 e. The van der Waals surface area contributed by atoms with Gasteiger partial charge in [-0.15, -0.1) is 12.6 Å². The summed E-state index contributed by atoms with van der Waals surface area (Å²) >= 11 is 0. The maximum atomic E-state index is 8.44. The van der Waals surface area contributed by atoms with Crippen LogP contribution in [-0.4, -0.2) is 12.6 Å². The molecular formula is C4H11FO3S. The van der Waals surface area contributed by atoms with E-state index in [4.69, 9.17) is 12.6 Å². The Morgan fingerprint density at radius 1 is 1.00 bits per heavy atom. The van der Waals surface area contributed by atoms with Gasteiger partial charge in [0.2, 0.25) is 0 Å². The van der Waals surface area contributed by atoms with E-state index in [0.29, 0.717) is 0 Å². The second-order valence-electron chi connectivity index (χ2n) is 1.20. The molecule has 0 N–H and O–H groups in total. The fraction of sp³-hybridized carbons (Fsp3) is 1.00. The van der Waals surface area contributed by atoms with Crippen LogP contribution in [0.4, 0.5) is 4.70 Å². The van der Waals surface area contributed by atoms with Crippen molar-refractivity contribution in [3.8, 4) is 0 Å². The summed E-state index contributed by atoms with van der Waals surface area (Å²) in [5.74, 6) is 0. The largest absolute Gasteiger partial charge is 0.425 e. The van der Waals surface area contributed by atoms with Crippen molar-refractivity contribution in [2.24, 2.45) is 0 Å². The Morgan fingerprint density at radius 2 is 1.11 bits per heavy atom. The minimum Gasteiger partial charge on any atom is -0.269 e. The summed E-state index contributed by atoms with van der Waals surface area (Å²) in [5, 5.41) is 0. The number of hydrogen-bond acceptors (Lipinski definition) is 3. The van der Waals surface area contributed by atoms with E-state index in [1.807, 2.05) is 0 Å². The van der Waals surface area contributed by atoms with Gasteiger partial charge in [-0.3, -0.25) is 4.70 Å². The number of unbranched alkanes of at least 4 members (excludes halogenated alkanes) is 1. The van der Waals surface area contributed by atoms with Gasteiger partial charge in [-0.1, -0.05) is 26.7 Å². The van der Waals surface area contributed by atoms with Gasteiger partial charge in [0, 0.05) is 0 Å². The molecule has 3 nitrogen and oxygen atoms in total. The summed E-state index contributed by atoms with van der Waals surface area (Å²) in [6.45, 7) is 4.36. The van der Waals surface area contributed by atoms with E-state index < -0.39 is 10.6 Å². The second kappa shape index (κ2) is 15.6. The van der Waals surface area contributed by atoms with Gasteiger partial charge >= 0.3 is 10.6 Å². The Hall–Kier alpha value is -0.450. The van der Waals surface area contributed by atoms with Crippen LogP contribution in [-0.2, 0) is 10.6 Å². The molecule has 0 aliphatic rings. The summed E-state index contributed by atoms with van der Waals surface area (Å²) in [6.07, 6.45) is 2.64. The lowest BCUT2D eigenvalue weighted by atomic mass is 10.4. The highest BCUT2D eigenvalue weighted by Gasteiger charge is 1.56. The van der Waals surface area contributed by atoms with Gasteiger partial charge in [0.1, 0.15) is 0 Å². The van der Waals surface area contributed by atoms with E-state index in [1.54, 1.807) is 0 Å². The quantitative estimate of drug-likeness (QED) is 0.571. The molecule has 0 rings (SSSR count). The van der Waals surface area contributed by atoms with Crippen molar-refractivity contribution in [3.63, 3.8) is 0 Å². The molecule has 0 bridgehead atoms. The summed E-state index contributed by atoms with van der Waals surface area (Å²) in [4.78, 5) is 0. The third kappa shape index (κ3) is 769. The molecule has 0 aliphatic carbocycles. The van der Waals surface area contributed by atoms with Gasteiger partial charge in [-0.05, 0) is 0 Å². The third-order valence-electron chi connectivity index (χ3n) is 0.500. The second-order valence-corrected chi connectivity index (χ2v) is 1.61. The van der Waals surface area contributed by atoms with Crippen LogP contribution in [0.25, 0.3) is 0 Å². The van der Waals surface area contributed by atoms with E-state index in [2.05, 4.69) is 13.8 Å². The highest BCUT2D eigenvalue weighted by atomic mass is 32.2. The topological polar surface area (TPSA) is 51.2 Å². The number of rotatable bonds is 1. The maximum absolute atomic E-state index is 8.44. The summed E-state index contributed by atoms with van der Waals surface area (Å²) in [5.41, 5.74) is 0. The van der Waals surface area contributed by atoms with E-state index in [-0.39, 0.29) is 4.70 Å². The molecule has 0 spiro atoms. The van der Waals surface area contributed by atoms with Gasteiger partial charge in [0.05, 0.1) is 0 Å². The first-order valence-electron chi connectivity index (χ1n) is 2.41. The van der Waals surface area contributed by atoms with Crippen LogP contribution in [0.3, 0.4) is 0 Å². The molecule has 0 aromatic heterocycles. The average Bonchev–Trinajstić information content (AvgIpc) is 1.65. The van der Waals surface area contributed by atoms with Crippen LogP contribution >= 0.6 is 0 Å². The summed E-state index contributed by atoms with van der Waals surface area (Å²) in [7, 11) is -3.11. The zero-order chi connectivity index (χ0) is 6.99. The van der Waals surface area contributed by atoms with Gasteiger partial charge < -0.3 is 0 Å². The molecular weight excluding hydrogens is 147 g/mol. The molecule has 58 valence electrons. The fourth-order valence-electron chi connectivity index (χ4n) is 0. The Labute approximate surface area is 55.5 Å². The zero-order valence-electron chi connectivity index (χ0n) is 5.46. The van der Waals surface area contributed by atoms with Crippen molar-refractivity contribution >= 4 is 10.6 Å². The number of halogens is 1. The molecule has 0 amide bonds. The Morgan fingerprint density at radius 3 is 1.11 bits per heavy atom. The van der Waals surface area contributed by atoms with Crippen LogP contribution in [0.15, 0.2) is 0 Å². The van der Waals surface area contributed by atoms with Crippen molar-refractivity contribution in [2.45, 2.75) is 26.7 Å². The van der Waals surface area contributed by atoms with Gasteiger partial charge in [-0.2, -0.15) is 0 Å². The molecule has 0 aromatic rings. The predicted octanol–water partition coefficient (Wildman–Crippen LogP) is 0.955. The fourth-order valence-corrected chi connectivity index (χ4v) is 0. The summed E-state index contributed by atoms with van der Waals surface area (Å²) in [6, 6.07) is 0. The Kier molecular flexibility index (Phi) is 27.5. The first kappa shape index (κ1) is 15.8. The van der Waals surface area contributed by atoms with Crippen molar-refractivity contribution < 1.29 is 17.3 Å². The third-order valence-corrected chi connectivity index (χ3v) is 0.500. The molecule has 0 saturated carbocycles. The highest BCUT2D eigenvalue weighted by Crippen LogP contribution is 1.76. The number of hydrogen-bond donors (Lipinski definition) is 0. The zero-order valence-corrected chi connectivity index (χ0v) is 6.27. The van der Waals surface area contributed by atoms with Crippen LogP contribution in [0.1, 0.15) is 26.7 Å². The van der Waals surface area contributed by atoms with Crippen LogP contribution in [0.2, 0.25) is 0 Å². The monoisotopic (exact) mass is 158 g/mol. The molecule has 0 radical (unpaired) electrons. The molecule has 5 heteroatoms. The van der Waals surface area contributed by atoms with Crippen molar-refractivity contribution in [1.82, 2.24) is 0 Å². The Bertz CT molecular complexity index is 105. The van der Waals surface area contributed by atoms with E-state index in [9.17, 15) is 0 Å². The summed E-state index contributed by atoms with van der Waals surface area (Å²) < 4.78 is 25.3. The van der Waals surface area contributed by atoms with Crippen LogP contribution < -0.4 is 0 Å². The lowest BCUT2D eigenvalue weighted by Crippen LogP contribution is -1.47. The molecule has 0 fully saturated rings. The molecule has 0 atom stereocenters. The first-order valence-corrected chi connectivity index (χ1v) is 3.41. The normalized spacial score (nSPS) is 6.00. The molecule has 0 aromatic carbocycles. The Balaban J connectivity index is -0.0000000720. The van der Waals surface area contributed by atoms with E-state index >= 15 is 0 Å². The molecule has 0 aliphatic heterocycles. The van der Waals surface area contributed by atoms with E-state index in [1.165, 1.54) is 12.8 Å². The molecule has 9 heavy (non-hydrogen) atoms. The lowest BCUT2D eigenvalue weighted by molar-refractivity contribution is 0.559. The van der Waals surface area contributed by atoms with Gasteiger partial charge in [-0.25, -0.2) is 0 Å². The molecule has 0 saturated heterocycles. The predicted molar refractivity (Wildman–Crippen MR) is 32.8 cm³/mol. The lowest BCUT2D eigenvalue weighted by Gasteiger charge is -1.68. The van der Waals surface area contributed by atoms with Crippen molar-refractivity contribution in [3.05, 3.63) is 0 Å². The van der Waals surface area contributed by atoms with Crippen LogP contribution in [0, 0.1) is 0 Å². The van der Waals surface area contributed by atoms with Crippen molar-refractivity contribution in [1.29, 1.82) is 0 Å². The molecule has 0 unspecified atom stereocenters. The average molecular weight is 158 g/mol.